The van der Waals surface area contributed by atoms with Crippen LogP contribution < -0.4 is 14.2 Å². The molecule has 446 valence electrons. The first-order chi connectivity index (χ1) is 42.9. The predicted octanol–water partition coefficient (Wildman–Crippen LogP) is 16.8. The van der Waals surface area contributed by atoms with Crippen molar-refractivity contribution in [1.82, 2.24) is 4.98 Å². The van der Waals surface area contributed by atoms with Crippen molar-refractivity contribution < 1.29 is 48.0 Å². The smallest absolute Gasteiger partial charge is 0.342 e. The van der Waals surface area contributed by atoms with Crippen molar-refractivity contribution in [2.45, 2.75) is 91.8 Å². The van der Waals surface area contributed by atoms with E-state index >= 15 is 0 Å². The van der Waals surface area contributed by atoms with Gasteiger partial charge in [0, 0.05) is 24.1 Å². The van der Waals surface area contributed by atoms with Gasteiger partial charge >= 0.3 is 17.9 Å². The van der Waals surface area contributed by atoms with E-state index in [1.165, 1.54) is 0 Å². The topological polar surface area (TPSA) is 160 Å². The van der Waals surface area contributed by atoms with Gasteiger partial charge in [0.05, 0.1) is 23.6 Å². The van der Waals surface area contributed by atoms with Crippen molar-refractivity contribution >= 4 is 29.4 Å². The summed E-state index contributed by atoms with van der Waals surface area (Å²) < 4.78 is 30.4. The quantitative estimate of drug-likeness (QED) is 0.0428. The fraction of sp³-hybridized carbons (Fsp3) is 0.211. The number of carbonyl (C=O) groups excluding carboxylic acids is 3. The molecule has 1 N–H and O–H groups in total. The largest absolute Gasteiger partial charge is 0.486 e. The number of aryl methyl sites for hydroxylation is 2. The number of carboxylic acid groups (broad SMARTS) is 1. The van der Waals surface area contributed by atoms with Gasteiger partial charge in [0.1, 0.15) is 46.3 Å². The van der Waals surface area contributed by atoms with Crippen LogP contribution in [0.15, 0.2) is 247 Å². The van der Waals surface area contributed by atoms with Crippen molar-refractivity contribution in [3.63, 3.8) is 0 Å². The van der Waals surface area contributed by atoms with E-state index in [1.54, 1.807) is 61.5 Å². The van der Waals surface area contributed by atoms with Crippen LogP contribution in [0.5, 0.6) is 28.7 Å². The lowest BCUT2D eigenvalue weighted by Crippen LogP contribution is -2.53. The van der Waals surface area contributed by atoms with Crippen molar-refractivity contribution in [3.05, 3.63) is 298 Å². The Morgan fingerprint density at radius 2 is 1.01 bits per heavy atom. The number of nitrogens with zero attached hydrogens (tertiary/aromatic N) is 2. The van der Waals surface area contributed by atoms with Crippen molar-refractivity contribution in [2.24, 2.45) is 10.4 Å². The number of para-hydroxylation sites is 2. The zero-order valence-corrected chi connectivity index (χ0v) is 50.1. The average molecular weight is 1170 g/mol. The third-order valence-electron chi connectivity index (χ3n) is 15.3. The van der Waals surface area contributed by atoms with Gasteiger partial charge in [-0.15, -0.1) is 0 Å². The van der Waals surface area contributed by atoms with E-state index in [0.29, 0.717) is 84.8 Å². The summed E-state index contributed by atoms with van der Waals surface area (Å²) in [7, 11) is 0. The summed E-state index contributed by atoms with van der Waals surface area (Å²) in [6.07, 6.45) is 2.92. The molecule has 12 nitrogen and oxygen atoms in total. The number of carbonyl (C=O) groups is 4. The zero-order chi connectivity index (χ0) is 61.7. The van der Waals surface area contributed by atoms with Crippen LogP contribution in [-0.2, 0) is 46.6 Å². The first kappa shape index (κ1) is 62.3. The highest BCUT2D eigenvalue weighted by Gasteiger charge is 2.55. The second-order valence-corrected chi connectivity index (χ2v) is 21.5. The summed E-state index contributed by atoms with van der Waals surface area (Å²) in [5.74, 6) is 0.460. The zero-order valence-electron chi connectivity index (χ0n) is 50.1. The van der Waals surface area contributed by atoms with Gasteiger partial charge in [0.15, 0.2) is 11.9 Å². The lowest BCUT2D eigenvalue weighted by atomic mass is 9.67. The molecule has 0 aliphatic carbocycles. The Morgan fingerprint density at radius 1 is 0.511 bits per heavy atom. The Labute approximate surface area is 515 Å². The molecule has 2 unspecified atom stereocenters. The van der Waals surface area contributed by atoms with Crippen LogP contribution in [-0.4, -0.2) is 52.2 Å². The first-order valence-corrected chi connectivity index (χ1v) is 29.9. The molecule has 0 saturated heterocycles. The van der Waals surface area contributed by atoms with E-state index in [1.807, 2.05) is 184 Å². The van der Waals surface area contributed by atoms with Gasteiger partial charge in [-0.1, -0.05) is 197 Å². The highest BCUT2D eigenvalue weighted by Crippen LogP contribution is 2.46. The monoisotopic (exact) mass is 1170 g/mol. The molecule has 1 aromatic heterocycles. The summed E-state index contributed by atoms with van der Waals surface area (Å²) >= 11 is 0. The summed E-state index contributed by atoms with van der Waals surface area (Å²) in [4.78, 5) is 64.7. The Bertz CT molecular complexity index is 3860. The Kier molecular flexibility index (Phi) is 21.8. The van der Waals surface area contributed by atoms with Crippen LogP contribution in [0.2, 0.25) is 0 Å². The fourth-order valence-corrected chi connectivity index (χ4v) is 10.7. The van der Waals surface area contributed by atoms with Crippen LogP contribution in [0.4, 0.5) is 0 Å². The predicted molar refractivity (Wildman–Crippen MR) is 343 cm³/mol. The minimum atomic E-state index is -1.74. The van der Waals surface area contributed by atoms with Crippen LogP contribution in [0, 0.1) is 12.3 Å². The molecule has 0 saturated carbocycles. The second kappa shape index (κ2) is 30.7. The molecule has 1 aliphatic rings. The Hall–Kier alpha value is -10.2. The maximum absolute atomic E-state index is 14.2. The van der Waals surface area contributed by atoms with E-state index in [-0.39, 0.29) is 24.3 Å². The summed E-state index contributed by atoms with van der Waals surface area (Å²) in [6, 6.07) is 71.6. The lowest BCUT2D eigenvalue weighted by molar-refractivity contribution is -0.151. The molecule has 2 heterocycles. The number of carboxylic acids is 1. The van der Waals surface area contributed by atoms with E-state index in [9.17, 15) is 24.3 Å². The normalized spacial score (nSPS) is 14.3. The molecule has 10 rings (SSSR count). The molecule has 12 heteroatoms. The molecule has 88 heavy (non-hydrogen) atoms. The first-order valence-electron chi connectivity index (χ1n) is 29.9. The highest BCUT2D eigenvalue weighted by molar-refractivity contribution is 6.13. The molecular formula is C76H72N2O10. The van der Waals surface area contributed by atoms with E-state index in [2.05, 4.69) is 13.0 Å². The number of esters is 2. The number of Topliss-reactive ketones (excluding diaryl/α,β-unsaturated/α-hetero) is 1. The number of benzene rings is 8. The number of ether oxygens (including phenoxy) is 5. The van der Waals surface area contributed by atoms with Crippen molar-refractivity contribution in [3.8, 4) is 28.7 Å². The van der Waals surface area contributed by atoms with Crippen LogP contribution in [0.3, 0.4) is 0 Å². The van der Waals surface area contributed by atoms with Gasteiger partial charge < -0.3 is 28.8 Å². The van der Waals surface area contributed by atoms with E-state index in [0.717, 1.165) is 57.1 Å². The number of pyridine rings is 1. The van der Waals surface area contributed by atoms with Gasteiger partial charge in [0.2, 0.25) is 5.78 Å². The van der Waals surface area contributed by atoms with Gasteiger partial charge in [-0.3, -0.25) is 14.6 Å². The maximum atomic E-state index is 14.2. The third kappa shape index (κ3) is 16.0. The number of rotatable bonds is 25. The van der Waals surface area contributed by atoms with Gasteiger partial charge in [-0.2, -0.15) is 0 Å². The van der Waals surface area contributed by atoms with Crippen molar-refractivity contribution in [2.75, 3.05) is 6.61 Å². The third-order valence-corrected chi connectivity index (χ3v) is 15.3. The summed E-state index contributed by atoms with van der Waals surface area (Å²) in [5.41, 5.74) is 6.41. The molecule has 0 spiro atoms. The molecule has 0 radical (unpaired) electrons. The summed E-state index contributed by atoms with van der Waals surface area (Å²) in [6.45, 7) is 8.20. The fourth-order valence-electron chi connectivity index (χ4n) is 10.7. The molecule has 0 amide bonds. The van der Waals surface area contributed by atoms with E-state index in [4.69, 9.17) is 33.7 Å². The van der Waals surface area contributed by atoms with Crippen LogP contribution in [0.1, 0.15) is 117 Å². The number of aliphatic imine (C=N–C) groups is 1. The maximum Gasteiger partial charge on any atom is 0.342 e. The number of hydrogen-bond acceptors (Lipinski definition) is 11. The van der Waals surface area contributed by atoms with Gasteiger partial charge in [0.25, 0.3) is 0 Å². The molecule has 1 aliphatic heterocycles. The van der Waals surface area contributed by atoms with Crippen LogP contribution in [0.25, 0.3) is 0 Å². The molecule has 0 bridgehead atoms. The second-order valence-electron chi connectivity index (χ2n) is 21.5. The SMILES string of the molecule is CCCC1=NC(C(=O)c2cccc(Oc3ccccc3)c2)=C(C)C(CCc2ccccc2)(C(=O)O)C1OC(=O)c1ccccc1.CCCc1nc(Cc2cccc(Oc3ccccc3)c2)c(C)c(C(=O)OCCc2ccccc2)c1OCc1ccccc1. The van der Waals surface area contributed by atoms with E-state index < -0.39 is 35.2 Å². The average Bonchev–Trinajstić information content (AvgIpc) is 0.822. The highest BCUT2D eigenvalue weighted by atomic mass is 16.5. The number of aliphatic carboxylic acids is 1. The number of ketones is 1. The Morgan fingerprint density at radius 3 is 1.59 bits per heavy atom. The Balaban J connectivity index is 0.000000210. The van der Waals surface area contributed by atoms with Crippen LogP contribution >= 0.6 is 0 Å². The number of aromatic nitrogens is 1. The molecule has 9 aromatic rings. The van der Waals surface area contributed by atoms with Crippen molar-refractivity contribution in [1.29, 1.82) is 0 Å². The standard InChI is InChI=1S/C38H35NO6.C38H37NO4/c1-3-14-32-35(45-36(41)28-17-9-5-10-18-28)38(37(42)43,24-23-27-15-7-4-8-16-27)26(2)33(39-32)34(40)29-19-13-22-31(25-29)44-30-20-11-6-12-21-30;1-3-14-34-37(42-27-30-17-9-5-10-18-30)36(38(40)41-24-23-29-15-7-4-8-16-29)28(2)35(39-34)26-31-19-13-22-33(25-31)43-32-20-11-6-12-21-32/h4-13,15-22,25,35H,3,14,23-24H2,1-2H3,(H,42,43);4-13,15-22,25H,3,14,23-24,26-27H2,1-2H3. The minimum absolute atomic E-state index is 0.0396. The lowest BCUT2D eigenvalue weighted by Gasteiger charge is -2.41. The van der Waals surface area contributed by atoms with Gasteiger partial charge in [-0.05, 0) is 134 Å². The molecular weight excluding hydrogens is 1100 g/mol. The summed E-state index contributed by atoms with van der Waals surface area (Å²) in [5, 5.41) is 11.0. The molecule has 0 fully saturated rings. The minimum Gasteiger partial charge on any atom is -0.486 e. The molecule has 8 aromatic carbocycles. The number of allylic oxidation sites excluding steroid dienone is 1. The molecule has 2 atom stereocenters. The van der Waals surface area contributed by atoms with Gasteiger partial charge in [-0.25, -0.2) is 14.6 Å². The number of hydrogen-bond donors (Lipinski definition) is 1.